The summed E-state index contributed by atoms with van der Waals surface area (Å²) in [4.78, 5) is 17.2. The van der Waals surface area contributed by atoms with Crippen molar-refractivity contribution in [3.63, 3.8) is 0 Å². The van der Waals surface area contributed by atoms with E-state index in [1.54, 1.807) is 0 Å². The van der Waals surface area contributed by atoms with Gasteiger partial charge in [-0.3, -0.25) is 9.69 Å². The second kappa shape index (κ2) is 14.1. The number of aromatic nitrogens is 2. The van der Waals surface area contributed by atoms with Crippen molar-refractivity contribution in [3.05, 3.63) is 119 Å². The minimum atomic E-state index is -0.0603. The number of rotatable bonds is 7. The predicted molar refractivity (Wildman–Crippen MR) is 171 cm³/mol. The smallest absolute Gasteiger partial charge is 0.255 e. The number of hydrogen-bond acceptors (Lipinski definition) is 4. The molecule has 1 aliphatic rings. The lowest BCUT2D eigenvalue weighted by Crippen LogP contribution is -2.43. The van der Waals surface area contributed by atoms with Gasteiger partial charge >= 0.3 is 0 Å². The molecule has 1 fully saturated rings. The number of hydrogen-bond donors (Lipinski definition) is 1. The first kappa shape index (κ1) is 30.0. The van der Waals surface area contributed by atoms with Gasteiger partial charge in [0.15, 0.2) is 0 Å². The van der Waals surface area contributed by atoms with Crippen LogP contribution in [0.5, 0.6) is 0 Å². The Bertz CT molecular complexity index is 1460. The highest BCUT2D eigenvalue weighted by molar-refractivity contribution is 6.04. The number of piperazine rings is 1. The van der Waals surface area contributed by atoms with Crippen molar-refractivity contribution in [1.29, 1.82) is 0 Å². The highest BCUT2D eigenvalue weighted by atomic mass is 16.1. The van der Waals surface area contributed by atoms with Gasteiger partial charge in [0.05, 0.1) is 11.9 Å². The Balaban J connectivity index is 0.000000208. The zero-order valence-electron chi connectivity index (χ0n) is 25.2. The van der Waals surface area contributed by atoms with E-state index in [4.69, 9.17) is 0 Å². The predicted octanol–water partition coefficient (Wildman–Crippen LogP) is 6.77. The fourth-order valence-electron chi connectivity index (χ4n) is 4.75. The molecule has 0 unspecified atom stereocenters. The second-order valence-corrected chi connectivity index (χ2v) is 11.0. The van der Waals surface area contributed by atoms with Gasteiger partial charge in [-0.1, -0.05) is 49.9 Å². The quantitative estimate of drug-likeness (QED) is 0.276. The van der Waals surface area contributed by atoms with Crippen LogP contribution in [-0.4, -0.2) is 58.7 Å². The Morgan fingerprint density at radius 2 is 1.63 bits per heavy atom. The number of aryl methyl sites for hydroxylation is 3. The van der Waals surface area contributed by atoms with Gasteiger partial charge in [0.1, 0.15) is 0 Å². The van der Waals surface area contributed by atoms with Gasteiger partial charge in [0.25, 0.3) is 5.91 Å². The van der Waals surface area contributed by atoms with E-state index in [1.165, 1.54) is 16.7 Å². The number of para-hydroxylation sites is 1. The first-order valence-corrected chi connectivity index (χ1v) is 14.4. The lowest BCUT2D eigenvalue weighted by molar-refractivity contribution is 0.102. The van der Waals surface area contributed by atoms with Crippen molar-refractivity contribution in [3.8, 4) is 5.69 Å². The van der Waals surface area contributed by atoms with Gasteiger partial charge in [0.2, 0.25) is 0 Å². The maximum atomic E-state index is 12.4. The number of allylic oxidation sites excluding steroid dienone is 1. The van der Waals surface area contributed by atoms with Crippen molar-refractivity contribution in [2.45, 2.75) is 40.7 Å². The fraction of sp³-hybridized carbons (Fsp3) is 0.314. The van der Waals surface area contributed by atoms with Crippen molar-refractivity contribution in [2.75, 3.05) is 38.5 Å². The molecule has 0 saturated carbocycles. The van der Waals surface area contributed by atoms with Crippen LogP contribution in [0.25, 0.3) is 11.3 Å². The Hall–Kier alpha value is -4.00. The van der Waals surface area contributed by atoms with Crippen LogP contribution in [0.3, 0.4) is 0 Å². The summed E-state index contributed by atoms with van der Waals surface area (Å²) in [6.45, 7) is 17.6. The molecule has 6 heteroatoms. The minimum Gasteiger partial charge on any atom is -0.322 e. The van der Waals surface area contributed by atoms with E-state index in [0.29, 0.717) is 5.56 Å². The lowest BCUT2D eigenvalue weighted by Gasteiger charge is -2.32. The van der Waals surface area contributed by atoms with Crippen LogP contribution < -0.4 is 5.32 Å². The van der Waals surface area contributed by atoms with Gasteiger partial charge in [-0.15, -0.1) is 0 Å². The zero-order valence-corrected chi connectivity index (χ0v) is 25.2. The SMILES string of the molecule is C=C(C)c1cnn(-c2ccccc2CC)c1.Cc1ccc(C(=O)Nc2ccc(CN3CCN(C)CC3)cc2)cc1C. The summed E-state index contributed by atoms with van der Waals surface area (Å²) in [6, 6.07) is 22.3. The summed E-state index contributed by atoms with van der Waals surface area (Å²) in [6.07, 6.45) is 4.89. The average molecular weight is 550 g/mol. The van der Waals surface area contributed by atoms with Crippen LogP contribution in [0, 0.1) is 13.8 Å². The second-order valence-electron chi connectivity index (χ2n) is 11.0. The molecule has 6 nitrogen and oxygen atoms in total. The van der Waals surface area contributed by atoms with Crippen molar-refractivity contribution in [1.82, 2.24) is 19.6 Å². The topological polar surface area (TPSA) is 53.4 Å². The molecule has 1 aromatic heterocycles. The number of nitrogens with zero attached hydrogens (tertiary/aromatic N) is 4. The summed E-state index contributed by atoms with van der Waals surface area (Å²) in [5.74, 6) is -0.0603. The molecule has 1 N–H and O–H groups in total. The summed E-state index contributed by atoms with van der Waals surface area (Å²) < 4.78 is 1.92. The average Bonchev–Trinajstić information content (AvgIpc) is 3.48. The molecule has 2 heterocycles. The number of benzene rings is 3. The van der Waals surface area contributed by atoms with Crippen molar-refractivity contribution >= 4 is 17.2 Å². The van der Waals surface area contributed by atoms with Crippen LogP contribution in [0.15, 0.2) is 85.7 Å². The van der Waals surface area contributed by atoms with Crippen LogP contribution in [-0.2, 0) is 13.0 Å². The Morgan fingerprint density at radius 3 is 2.27 bits per heavy atom. The molecule has 1 aliphatic heterocycles. The van der Waals surface area contributed by atoms with E-state index >= 15 is 0 Å². The van der Waals surface area contributed by atoms with E-state index in [1.807, 2.05) is 67.3 Å². The first-order valence-electron chi connectivity index (χ1n) is 14.4. The molecular formula is C35H43N5O. The number of likely N-dealkylation sites (N-methyl/N-ethyl adjacent to an activating group) is 1. The number of nitrogens with one attached hydrogen (secondary N) is 1. The molecule has 3 aromatic carbocycles. The van der Waals surface area contributed by atoms with E-state index in [2.05, 4.69) is 78.0 Å². The third kappa shape index (κ3) is 8.26. The van der Waals surface area contributed by atoms with Crippen LogP contribution in [0.1, 0.15) is 52.0 Å². The van der Waals surface area contributed by atoms with Crippen LogP contribution in [0.4, 0.5) is 5.69 Å². The first-order chi connectivity index (χ1) is 19.7. The van der Waals surface area contributed by atoms with Crippen LogP contribution in [0.2, 0.25) is 0 Å². The third-order valence-electron chi connectivity index (χ3n) is 7.68. The monoisotopic (exact) mass is 549 g/mol. The van der Waals surface area contributed by atoms with Gasteiger partial charge < -0.3 is 10.2 Å². The molecule has 0 aliphatic carbocycles. The van der Waals surface area contributed by atoms with Gasteiger partial charge in [-0.05, 0) is 92.4 Å². The maximum Gasteiger partial charge on any atom is 0.255 e. The van der Waals surface area contributed by atoms with E-state index in [9.17, 15) is 4.79 Å². The molecule has 0 spiro atoms. The number of carbonyl (C=O) groups excluding carboxylic acids is 1. The largest absolute Gasteiger partial charge is 0.322 e. The van der Waals surface area contributed by atoms with Gasteiger partial charge in [-0.2, -0.15) is 5.10 Å². The van der Waals surface area contributed by atoms with E-state index < -0.39 is 0 Å². The number of carbonyl (C=O) groups is 1. The maximum absolute atomic E-state index is 12.4. The molecule has 4 aromatic rings. The zero-order chi connectivity index (χ0) is 29.4. The van der Waals surface area contributed by atoms with E-state index in [-0.39, 0.29) is 5.91 Å². The van der Waals surface area contributed by atoms with E-state index in [0.717, 1.165) is 67.2 Å². The summed E-state index contributed by atoms with van der Waals surface area (Å²) >= 11 is 0. The third-order valence-corrected chi connectivity index (χ3v) is 7.68. The number of anilines is 1. The Kier molecular flexibility index (Phi) is 10.3. The minimum absolute atomic E-state index is 0.0603. The molecule has 214 valence electrons. The Morgan fingerprint density at radius 1 is 0.927 bits per heavy atom. The van der Waals surface area contributed by atoms with Crippen molar-refractivity contribution in [2.24, 2.45) is 0 Å². The molecule has 0 bridgehead atoms. The van der Waals surface area contributed by atoms with Crippen molar-refractivity contribution < 1.29 is 4.79 Å². The fourth-order valence-corrected chi connectivity index (χ4v) is 4.75. The Labute approximate surface area is 245 Å². The van der Waals surface area contributed by atoms with Crippen LogP contribution >= 0.6 is 0 Å². The summed E-state index contributed by atoms with van der Waals surface area (Å²) in [5.41, 5.74) is 9.74. The van der Waals surface area contributed by atoms with Gasteiger partial charge in [-0.25, -0.2) is 4.68 Å². The number of amides is 1. The molecule has 0 atom stereocenters. The summed E-state index contributed by atoms with van der Waals surface area (Å²) in [5, 5.41) is 7.35. The summed E-state index contributed by atoms with van der Waals surface area (Å²) in [7, 11) is 2.17. The molecule has 5 rings (SSSR count). The molecule has 0 radical (unpaired) electrons. The standard InChI is InChI=1S/C21H27N3O.C14H16N2/c1-16-4-7-19(14-17(16)2)21(25)22-20-8-5-18(6-9-20)15-24-12-10-23(3)11-13-24;1-4-12-7-5-6-8-14(12)16-10-13(9-15-16)11(2)3/h4-9,14H,10-13,15H2,1-3H3,(H,22,25);5-10H,2,4H2,1,3H3. The van der Waals surface area contributed by atoms with Gasteiger partial charge in [0, 0.05) is 55.7 Å². The molecule has 41 heavy (non-hydrogen) atoms. The highest BCUT2D eigenvalue weighted by Gasteiger charge is 2.14. The highest BCUT2D eigenvalue weighted by Crippen LogP contribution is 2.18. The molecular weight excluding hydrogens is 506 g/mol. The normalized spacial score (nSPS) is 13.8. The molecule has 1 amide bonds. The molecule has 1 saturated heterocycles. The lowest BCUT2D eigenvalue weighted by atomic mass is 10.1.